The SMILES string of the molecule is CC(C)NC(=O)C1CCC(n2c(CCCC(=O)c3ccc(F)cc3)nc3cnc(OCCCN4CCOCC4)cc32)CC1. The molecule has 5 rings (SSSR count). The number of halogens is 1. The number of ketones is 1. The Morgan fingerprint density at radius 2 is 1.84 bits per heavy atom. The van der Waals surface area contributed by atoms with Gasteiger partial charge in [0, 0.05) is 62.1 Å². The van der Waals surface area contributed by atoms with E-state index < -0.39 is 0 Å². The molecule has 1 aromatic carbocycles. The minimum Gasteiger partial charge on any atom is -0.478 e. The van der Waals surface area contributed by atoms with Crippen LogP contribution in [0, 0.1) is 11.7 Å². The van der Waals surface area contributed by atoms with Crippen molar-refractivity contribution in [2.75, 3.05) is 39.5 Å². The van der Waals surface area contributed by atoms with Crippen LogP contribution >= 0.6 is 0 Å². The number of aryl methyl sites for hydroxylation is 1. The highest BCUT2D eigenvalue weighted by atomic mass is 19.1. The van der Waals surface area contributed by atoms with Gasteiger partial charge in [-0.05, 0) is 76.6 Å². The number of benzene rings is 1. The van der Waals surface area contributed by atoms with Crippen molar-refractivity contribution in [3.63, 3.8) is 0 Å². The number of nitrogens with zero attached hydrogens (tertiary/aromatic N) is 4. The van der Waals surface area contributed by atoms with Crippen LogP contribution in [0.3, 0.4) is 0 Å². The molecule has 232 valence electrons. The van der Waals surface area contributed by atoms with E-state index in [4.69, 9.17) is 14.5 Å². The van der Waals surface area contributed by atoms with Gasteiger partial charge in [0.2, 0.25) is 11.8 Å². The zero-order chi connectivity index (χ0) is 30.2. The Kier molecular flexibility index (Phi) is 10.8. The number of aromatic nitrogens is 3. The molecule has 0 unspecified atom stereocenters. The summed E-state index contributed by atoms with van der Waals surface area (Å²) in [4.78, 5) is 37.3. The number of hydrogen-bond donors (Lipinski definition) is 1. The lowest BCUT2D eigenvalue weighted by Crippen LogP contribution is -2.37. The van der Waals surface area contributed by atoms with Crippen LogP contribution in [0.5, 0.6) is 5.88 Å². The van der Waals surface area contributed by atoms with E-state index in [-0.39, 0.29) is 35.5 Å². The van der Waals surface area contributed by atoms with Crippen LogP contribution in [0.25, 0.3) is 11.0 Å². The quantitative estimate of drug-likeness (QED) is 0.217. The maximum Gasteiger partial charge on any atom is 0.223 e. The molecule has 0 atom stereocenters. The van der Waals surface area contributed by atoms with Crippen molar-refractivity contribution in [3.05, 3.63) is 53.7 Å². The molecule has 0 spiro atoms. The summed E-state index contributed by atoms with van der Waals surface area (Å²) >= 11 is 0. The van der Waals surface area contributed by atoms with E-state index in [0.717, 1.165) is 81.8 Å². The Hall–Kier alpha value is -3.37. The minimum absolute atomic E-state index is 0.00577. The third kappa shape index (κ3) is 8.38. The van der Waals surface area contributed by atoms with Crippen molar-refractivity contribution in [1.29, 1.82) is 0 Å². The Morgan fingerprint density at radius 3 is 2.56 bits per heavy atom. The molecule has 0 radical (unpaired) electrons. The van der Waals surface area contributed by atoms with E-state index >= 15 is 0 Å². The molecule has 2 aromatic heterocycles. The molecule has 3 heterocycles. The fourth-order valence-corrected chi connectivity index (χ4v) is 6.17. The highest BCUT2D eigenvalue weighted by molar-refractivity contribution is 5.96. The Balaban J connectivity index is 1.28. The lowest BCUT2D eigenvalue weighted by molar-refractivity contribution is -0.126. The molecule has 1 saturated heterocycles. The van der Waals surface area contributed by atoms with Crippen LogP contribution < -0.4 is 10.1 Å². The second kappa shape index (κ2) is 14.9. The zero-order valence-corrected chi connectivity index (χ0v) is 25.4. The average molecular weight is 594 g/mol. The molecule has 1 saturated carbocycles. The molecule has 43 heavy (non-hydrogen) atoms. The minimum atomic E-state index is -0.351. The Morgan fingerprint density at radius 1 is 1.09 bits per heavy atom. The van der Waals surface area contributed by atoms with Crippen LogP contribution in [0.4, 0.5) is 4.39 Å². The first-order chi connectivity index (χ1) is 20.9. The van der Waals surface area contributed by atoms with Crippen molar-refractivity contribution in [1.82, 2.24) is 24.8 Å². The van der Waals surface area contributed by atoms with Gasteiger partial charge in [-0.2, -0.15) is 0 Å². The lowest BCUT2D eigenvalue weighted by atomic mass is 9.85. The maximum atomic E-state index is 13.3. The Bertz CT molecular complexity index is 1360. The predicted octanol–water partition coefficient (Wildman–Crippen LogP) is 5.13. The second-order valence-corrected chi connectivity index (χ2v) is 12.0. The van der Waals surface area contributed by atoms with Crippen molar-refractivity contribution in [3.8, 4) is 5.88 Å². The molecule has 2 aliphatic rings. The summed E-state index contributed by atoms with van der Waals surface area (Å²) in [7, 11) is 0. The molecule has 9 nitrogen and oxygen atoms in total. The number of pyridine rings is 1. The molecule has 2 fully saturated rings. The van der Waals surface area contributed by atoms with E-state index in [2.05, 4.69) is 19.8 Å². The van der Waals surface area contributed by atoms with Crippen molar-refractivity contribution in [2.45, 2.75) is 77.3 Å². The second-order valence-electron chi connectivity index (χ2n) is 12.0. The lowest BCUT2D eigenvalue weighted by Gasteiger charge is -2.30. The highest BCUT2D eigenvalue weighted by Gasteiger charge is 2.29. The van der Waals surface area contributed by atoms with Gasteiger partial charge in [-0.15, -0.1) is 0 Å². The van der Waals surface area contributed by atoms with Gasteiger partial charge in [0.25, 0.3) is 0 Å². The third-order valence-corrected chi connectivity index (χ3v) is 8.43. The van der Waals surface area contributed by atoms with Crippen LogP contribution in [-0.4, -0.2) is 76.6 Å². The van der Waals surface area contributed by atoms with Crippen molar-refractivity contribution < 1.29 is 23.5 Å². The Labute approximate surface area is 253 Å². The summed E-state index contributed by atoms with van der Waals surface area (Å²) in [6.45, 7) is 9.03. The molecule has 1 N–H and O–H groups in total. The van der Waals surface area contributed by atoms with Crippen LogP contribution in [0.1, 0.15) is 81.0 Å². The van der Waals surface area contributed by atoms with Crippen LogP contribution in [-0.2, 0) is 16.0 Å². The summed E-state index contributed by atoms with van der Waals surface area (Å²) < 4.78 is 27.1. The first-order valence-electron chi connectivity index (χ1n) is 15.8. The normalized spacial score (nSPS) is 19.5. The number of amides is 1. The number of rotatable bonds is 13. The van der Waals surface area contributed by atoms with E-state index in [1.54, 1.807) is 6.20 Å². The number of Topliss-reactive ketones (excluding diaryl/α,β-unsaturated/α-hetero) is 1. The van der Waals surface area contributed by atoms with Crippen molar-refractivity contribution in [2.24, 2.45) is 5.92 Å². The number of fused-ring (bicyclic) bond motifs is 1. The zero-order valence-electron chi connectivity index (χ0n) is 25.4. The van der Waals surface area contributed by atoms with Crippen LogP contribution in [0.2, 0.25) is 0 Å². The van der Waals surface area contributed by atoms with Gasteiger partial charge in [-0.25, -0.2) is 14.4 Å². The van der Waals surface area contributed by atoms with E-state index in [0.29, 0.717) is 37.3 Å². The number of nitrogens with one attached hydrogen (secondary N) is 1. The number of morpholine rings is 1. The monoisotopic (exact) mass is 593 g/mol. The predicted molar refractivity (Wildman–Crippen MR) is 163 cm³/mol. The van der Waals surface area contributed by atoms with Gasteiger partial charge in [0.1, 0.15) is 17.2 Å². The smallest absolute Gasteiger partial charge is 0.223 e. The molecule has 1 amide bonds. The van der Waals surface area contributed by atoms with Gasteiger partial charge in [0.05, 0.1) is 31.5 Å². The van der Waals surface area contributed by atoms with E-state index in [9.17, 15) is 14.0 Å². The fraction of sp³-hybridized carbons (Fsp3) is 0.576. The van der Waals surface area contributed by atoms with Gasteiger partial charge in [0.15, 0.2) is 5.78 Å². The standard InChI is InChI=1S/C33H44FN5O4/c1-23(2)36-33(41)25-9-13-27(14-10-25)39-29-21-32(43-18-4-15-38-16-19-42-20-17-38)35-22-28(29)37-31(39)6-3-5-30(40)24-7-11-26(34)12-8-24/h7-8,11-12,21-23,25,27H,3-6,9-10,13-20H2,1-2H3,(H,36,41). The molecule has 1 aliphatic carbocycles. The van der Waals surface area contributed by atoms with E-state index in [1.807, 2.05) is 19.9 Å². The molecular formula is C33H44FN5O4. The summed E-state index contributed by atoms with van der Waals surface area (Å²) in [5.41, 5.74) is 2.31. The number of carbonyl (C=O) groups is 2. The first-order valence-corrected chi connectivity index (χ1v) is 15.8. The van der Waals surface area contributed by atoms with Crippen molar-refractivity contribution >= 4 is 22.7 Å². The average Bonchev–Trinajstić information content (AvgIpc) is 3.37. The maximum absolute atomic E-state index is 13.3. The van der Waals surface area contributed by atoms with Crippen LogP contribution in [0.15, 0.2) is 36.5 Å². The molecule has 1 aliphatic heterocycles. The summed E-state index contributed by atoms with van der Waals surface area (Å²) in [5.74, 6) is 1.31. The summed E-state index contributed by atoms with van der Waals surface area (Å²) in [5, 5.41) is 3.07. The molecule has 10 heteroatoms. The number of carbonyl (C=O) groups excluding carboxylic acids is 2. The fourth-order valence-electron chi connectivity index (χ4n) is 6.17. The summed E-state index contributed by atoms with van der Waals surface area (Å²) in [6.07, 6.45) is 7.69. The van der Waals surface area contributed by atoms with Gasteiger partial charge in [-0.1, -0.05) is 0 Å². The van der Waals surface area contributed by atoms with Gasteiger partial charge >= 0.3 is 0 Å². The number of ether oxygens (including phenoxy) is 2. The van der Waals surface area contributed by atoms with E-state index in [1.165, 1.54) is 24.3 Å². The number of imidazole rings is 1. The largest absolute Gasteiger partial charge is 0.478 e. The topological polar surface area (TPSA) is 98.6 Å². The molecule has 3 aromatic rings. The van der Waals surface area contributed by atoms with Gasteiger partial charge < -0.3 is 19.4 Å². The highest BCUT2D eigenvalue weighted by Crippen LogP contribution is 2.36. The first kappa shape index (κ1) is 31.1. The summed E-state index contributed by atoms with van der Waals surface area (Å²) in [6, 6.07) is 8.03. The third-order valence-electron chi connectivity index (χ3n) is 8.43. The molecular weight excluding hydrogens is 549 g/mol. The molecule has 0 bridgehead atoms. The number of hydrogen-bond acceptors (Lipinski definition) is 7. The van der Waals surface area contributed by atoms with Gasteiger partial charge in [-0.3, -0.25) is 14.5 Å².